The largest absolute Gasteiger partial charge is 0.0853 e. The minimum absolute atomic E-state index is 0.505. The molecule has 120 valence electrons. The molecule has 0 radical (unpaired) electrons. The predicted molar refractivity (Wildman–Crippen MR) is 93.7 cm³/mol. The maximum Gasteiger partial charge on any atom is 0.0266 e. The Balaban J connectivity index is 1.72. The van der Waals surface area contributed by atoms with Crippen LogP contribution in [0.5, 0.6) is 0 Å². The van der Waals surface area contributed by atoms with Gasteiger partial charge in [0.15, 0.2) is 0 Å². The molecule has 0 spiro atoms. The van der Waals surface area contributed by atoms with Gasteiger partial charge in [-0.3, -0.25) is 0 Å². The molecule has 0 aliphatic heterocycles. The van der Waals surface area contributed by atoms with Gasteiger partial charge in [-0.1, -0.05) is 49.0 Å². The van der Waals surface area contributed by atoms with Gasteiger partial charge in [-0.15, -0.1) is 0 Å². The lowest BCUT2D eigenvalue weighted by Gasteiger charge is -2.65. The van der Waals surface area contributed by atoms with Crippen LogP contribution in [0.4, 0.5) is 0 Å². The van der Waals surface area contributed by atoms with E-state index in [1.54, 1.807) is 32.1 Å². The Hall–Kier alpha value is 0.480. The third-order valence-corrected chi connectivity index (χ3v) is 8.94. The lowest BCUT2D eigenvalue weighted by atomic mass is 9.42. The second kappa shape index (κ2) is 4.99. The van der Waals surface area contributed by atoms with Gasteiger partial charge < -0.3 is 0 Å². The number of rotatable bonds is 1. The predicted octanol–water partition coefficient (Wildman–Crippen LogP) is 6.72. The summed E-state index contributed by atoms with van der Waals surface area (Å²) in [5.41, 5.74) is 1.42. The lowest BCUT2D eigenvalue weighted by Crippen LogP contribution is -2.56. The quantitative estimate of drug-likeness (QED) is 0.459. The van der Waals surface area contributed by atoms with E-state index in [1.165, 1.54) is 44.9 Å². The number of halogens is 1. The molecular formula is C20H33Br. The molecule has 0 nitrogen and oxygen atoms in total. The minimum Gasteiger partial charge on any atom is -0.0853 e. The highest BCUT2D eigenvalue weighted by Gasteiger charge is 2.60. The molecule has 4 fully saturated rings. The van der Waals surface area contributed by atoms with Crippen molar-refractivity contribution in [2.75, 3.05) is 0 Å². The zero-order chi connectivity index (χ0) is 14.7. The maximum absolute atomic E-state index is 4.23. The summed E-state index contributed by atoms with van der Waals surface area (Å²) in [5, 5.41) is 0. The fraction of sp³-hybridized carbons (Fsp3) is 1.00. The summed E-state index contributed by atoms with van der Waals surface area (Å²) in [6, 6.07) is 0. The standard InChI is InChI=1S/C20H33Br/c1-15-9-17-5-3-6-18(10-15,13-17)19-7-4-8-20(21,14-19)12-16(2)11-19/h15-17H,3-14H2,1-2H3. The summed E-state index contributed by atoms with van der Waals surface area (Å²) in [4.78, 5) is 0. The van der Waals surface area contributed by atoms with E-state index < -0.39 is 0 Å². The van der Waals surface area contributed by atoms with Crippen molar-refractivity contribution in [1.29, 1.82) is 0 Å². The van der Waals surface area contributed by atoms with E-state index in [4.69, 9.17) is 0 Å². The molecule has 0 aromatic heterocycles. The Morgan fingerprint density at radius 3 is 2.43 bits per heavy atom. The molecule has 0 N–H and O–H groups in total. The summed E-state index contributed by atoms with van der Waals surface area (Å²) in [6.45, 7) is 5.10. The van der Waals surface area contributed by atoms with Gasteiger partial charge in [0, 0.05) is 4.32 Å². The van der Waals surface area contributed by atoms with E-state index in [1.807, 2.05) is 0 Å². The first-order chi connectivity index (χ1) is 9.94. The van der Waals surface area contributed by atoms with Crippen LogP contribution in [0.25, 0.3) is 0 Å². The summed E-state index contributed by atoms with van der Waals surface area (Å²) in [7, 11) is 0. The molecule has 6 unspecified atom stereocenters. The zero-order valence-corrected chi connectivity index (χ0v) is 15.7. The average Bonchev–Trinajstić information content (AvgIpc) is 2.35. The average molecular weight is 353 g/mol. The van der Waals surface area contributed by atoms with Crippen LogP contribution in [0.1, 0.15) is 90.9 Å². The highest BCUT2D eigenvalue weighted by molar-refractivity contribution is 9.10. The zero-order valence-electron chi connectivity index (χ0n) is 14.1. The van der Waals surface area contributed by atoms with Crippen LogP contribution in [0, 0.1) is 28.6 Å². The van der Waals surface area contributed by atoms with Gasteiger partial charge in [-0.05, 0) is 86.4 Å². The minimum atomic E-state index is 0.505. The Morgan fingerprint density at radius 2 is 1.57 bits per heavy atom. The molecule has 0 saturated heterocycles. The summed E-state index contributed by atoms with van der Waals surface area (Å²) in [5.74, 6) is 2.99. The molecular weight excluding hydrogens is 320 g/mol. The molecule has 4 bridgehead atoms. The topological polar surface area (TPSA) is 0 Å². The first-order valence-corrected chi connectivity index (χ1v) is 10.4. The summed E-state index contributed by atoms with van der Waals surface area (Å²) >= 11 is 4.23. The number of hydrogen-bond acceptors (Lipinski definition) is 0. The first kappa shape index (κ1) is 15.0. The van der Waals surface area contributed by atoms with Crippen LogP contribution in [0.2, 0.25) is 0 Å². The van der Waals surface area contributed by atoms with E-state index in [2.05, 4.69) is 29.8 Å². The van der Waals surface area contributed by atoms with Gasteiger partial charge in [0.05, 0.1) is 0 Å². The van der Waals surface area contributed by atoms with E-state index in [0.717, 1.165) is 23.2 Å². The van der Waals surface area contributed by atoms with Gasteiger partial charge in [0.2, 0.25) is 0 Å². The molecule has 4 saturated carbocycles. The van der Waals surface area contributed by atoms with Crippen LogP contribution in [0.15, 0.2) is 0 Å². The van der Waals surface area contributed by atoms with Crippen molar-refractivity contribution in [2.45, 2.75) is 95.2 Å². The van der Waals surface area contributed by atoms with Gasteiger partial charge in [0.25, 0.3) is 0 Å². The molecule has 4 aliphatic rings. The van der Waals surface area contributed by atoms with Crippen molar-refractivity contribution >= 4 is 15.9 Å². The van der Waals surface area contributed by atoms with Crippen LogP contribution in [0.3, 0.4) is 0 Å². The molecule has 4 aliphatic carbocycles. The SMILES string of the molecule is CC1CC2CCCC(C34CCCC(Br)(CC(C)C3)C4)(C1)C2. The van der Waals surface area contributed by atoms with E-state index in [9.17, 15) is 0 Å². The number of alkyl halides is 1. The second-order valence-electron chi connectivity index (χ2n) is 9.76. The third kappa shape index (κ3) is 2.36. The van der Waals surface area contributed by atoms with E-state index in [-0.39, 0.29) is 0 Å². The lowest BCUT2D eigenvalue weighted by molar-refractivity contribution is -0.124. The van der Waals surface area contributed by atoms with Crippen molar-refractivity contribution < 1.29 is 0 Å². The van der Waals surface area contributed by atoms with Crippen molar-refractivity contribution in [2.24, 2.45) is 28.6 Å². The monoisotopic (exact) mass is 352 g/mol. The highest BCUT2D eigenvalue weighted by Crippen LogP contribution is 2.70. The fourth-order valence-electron chi connectivity index (χ4n) is 7.80. The van der Waals surface area contributed by atoms with Gasteiger partial charge >= 0.3 is 0 Å². The third-order valence-electron chi connectivity index (χ3n) is 7.94. The maximum atomic E-state index is 4.23. The van der Waals surface area contributed by atoms with Crippen molar-refractivity contribution in [3.63, 3.8) is 0 Å². The van der Waals surface area contributed by atoms with Gasteiger partial charge in [-0.2, -0.15) is 0 Å². The molecule has 1 heteroatoms. The van der Waals surface area contributed by atoms with Gasteiger partial charge in [-0.25, -0.2) is 0 Å². The molecule has 21 heavy (non-hydrogen) atoms. The van der Waals surface area contributed by atoms with Crippen LogP contribution >= 0.6 is 15.9 Å². The second-order valence-corrected chi connectivity index (χ2v) is 11.4. The van der Waals surface area contributed by atoms with Crippen molar-refractivity contribution in [1.82, 2.24) is 0 Å². The smallest absolute Gasteiger partial charge is 0.0266 e. The van der Waals surface area contributed by atoms with Crippen LogP contribution < -0.4 is 0 Å². The van der Waals surface area contributed by atoms with Gasteiger partial charge in [0.1, 0.15) is 0 Å². The highest BCUT2D eigenvalue weighted by atomic mass is 79.9. The Bertz CT molecular complexity index is 414. The van der Waals surface area contributed by atoms with E-state index in [0.29, 0.717) is 9.74 Å². The van der Waals surface area contributed by atoms with E-state index >= 15 is 0 Å². The molecule has 6 atom stereocenters. The Labute approximate surface area is 140 Å². The number of fused-ring (bicyclic) bond motifs is 5. The van der Waals surface area contributed by atoms with Crippen LogP contribution in [-0.2, 0) is 0 Å². The molecule has 0 amide bonds. The molecule has 0 aromatic carbocycles. The van der Waals surface area contributed by atoms with Crippen molar-refractivity contribution in [3.05, 3.63) is 0 Å². The first-order valence-electron chi connectivity index (χ1n) is 9.63. The summed E-state index contributed by atoms with van der Waals surface area (Å²) in [6.07, 6.45) is 18.3. The Morgan fingerprint density at radius 1 is 0.810 bits per heavy atom. The molecule has 0 aromatic rings. The van der Waals surface area contributed by atoms with Crippen molar-refractivity contribution in [3.8, 4) is 0 Å². The molecule has 0 heterocycles. The fourth-order valence-corrected chi connectivity index (χ4v) is 9.17. The number of hydrogen-bond donors (Lipinski definition) is 0. The summed E-state index contributed by atoms with van der Waals surface area (Å²) < 4.78 is 0.505. The molecule has 4 rings (SSSR count). The Kier molecular flexibility index (Phi) is 3.57. The van der Waals surface area contributed by atoms with Crippen LogP contribution in [-0.4, -0.2) is 4.32 Å². The normalized spacial score (nSPS) is 57.0.